The fraction of sp³-hybridized carbons (Fsp3) is 0.133. The third kappa shape index (κ3) is 3.25. The Kier molecular flexibility index (Phi) is 3.71. The van der Waals surface area contributed by atoms with Gasteiger partial charge in [-0.3, -0.25) is 0 Å². The Morgan fingerprint density at radius 1 is 1.32 bits per heavy atom. The van der Waals surface area contributed by atoms with E-state index in [0.717, 1.165) is 0 Å². The lowest BCUT2D eigenvalue weighted by molar-refractivity contribution is 0.247. The van der Waals surface area contributed by atoms with Gasteiger partial charge in [-0.25, -0.2) is 4.79 Å². The molecule has 4 heteroatoms. The first-order chi connectivity index (χ1) is 9.13. The molecule has 0 bridgehead atoms. The molecule has 2 rings (SSSR count). The summed E-state index contributed by atoms with van der Waals surface area (Å²) in [5.74, 6) is 0. The van der Waals surface area contributed by atoms with Crippen molar-refractivity contribution in [3.05, 3.63) is 61.2 Å². The van der Waals surface area contributed by atoms with Gasteiger partial charge in [0.05, 0.1) is 5.54 Å². The van der Waals surface area contributed by atoms with Crippen LogP contribution in [0.25, 0.3) is 0 Å². The number of allylic oxidation sites excluding steroid dienone is 2. The molecule has 0 saturated carbocycles. The molecule has 0 aromatic heterocycles. The molecule has 0 unspecified atom stereocenters. The van der Waals surface area contributed by atoms with Crippen LogP contribution < -0.4 is 16.4 Å². The Labute approximate surface area is 112 Å². The van der Waals surface area contributed by atoms with Crippen LogP contribution in [0.2, 0.25) is 0 Å². The lowest BCUT2D eigenvalue weighted by Crippen LogP contribution is -2.47. The molecule has 4 N–H and O–H groups in total. The number of nitrogens with one attached hydrogen (secondary N) is 2. The predicted octanol–water partition coefficient (Wildman–Crippen LogP) is 2.83. The molecule has 0 aliphatic heterocycles. The van der Waals surface area contributed by atoms with Gasteiger partial charge in [0, 0.05) is 11.4 Å². The first-order valence-electron chi connectivity index (χ1n) is 6.06. The quantitative estimate of drug-likeness (QED) is 0.574. The number of nitrogens with two attached hydrogens (primary N) is 1. The number of hydrogen-bond acceptors (Lipinski definition) is 2. The van der Waals surface area contributed by atoms with Crippen molar-refractivity contribution >= 4 is 17.4 Å². The Balaban J connectivity index is 2.01. The summed E-state index contributed by atoms with van der Waals surface area (Å²) in [7, 11) is 0. The number of hydrogen-bond donors (Lipinski definition) is 3. The smallest absolute Gasteiger partial charge is 0.320 e. The van der Waals surface area contributed by atoms with E-state index in [-0.39, 0.29) is 6.03 Å². The summed E-state index contributed by atoms with van der Waals surface area (Å²) in [6.07, 6.45) is 10.2. The van der Waals surface area contributed by atoms with Crippen LogP contribution in [0, 0.1) is 0 Å². The summed E-state index contributed by atoms with van der Waals surface area (Å²) in [5, 5.41) is 5.67. The standard InChI is InChI=1S/C15H17N3O/c1-2-15(10-4-3-5-11-15)18-14(19)17-13-8-6-12(16)7-9-13/h2-10H,1,11,16H2,(H2,17,18,19)/t15-/m1/s1. The molecule has 98 valence electrons. The molecular formula is C15H17N3O. The maximum absolute atomic E-state index is 12.0. The van der Waals surface area contributed by atoms with E-state index in [1.165, 1.54) is 0 Å². The predicted molar refractivity (Wildman–Crippen MR) is 78.8 cm³/mol. The molecular weight excluding hydrogens is 238 g/mol. The fourth-order valence-electron chi connectivity index (χ4n) is 1.87. The summed E-state index contributed by atoms with van der Waals surface area (Å²) in [5.41, 5.74) is 6.43. The molecule has 0 saturated heterocycles. The van der Waals surface area contributed by atoms with Gasteiger partial charge >= 0.3 is 6.03 Å². The summed E-state index contributed by atoms with van der Waals surface area (Å²) in [6.45, 7) is 3.78. The average molecular weight is 255 g/mol. The van der Waals surface area contributed by atoms with Crippen molar-refractivity contribution in [2.75, 3.05) is 11.1 Å². The Bertz CT molecular complexity index is 531. The SMILES string of the molecule is C=C[C@@]1(NC(=O)Nc2ccc(N)cc2)C=CC=CC1. The molecule has 1 aliphatic carbocycles. The zero-order chi connectivity index (χ0) is 13.7. The summed E-state index contributed by atoms with van der Waals surface area (Å²) >= 11 is 0. The van der Waals surface area contributed by atoms with Gasteiger partial charge in [0.25, 0.3) is 0 Å². The summed E-state index contributed by atoms with van der Waals surface area (Å²) < 4.78 is 0. The number of anilines is 2. The van der Waals surface area contributed by atoms with E-state index in [1.807, 2.05) is 24.3 Å². The Morgan fingerprint density at radius 2 is 2.05 bits per heavy atom. The van der Waals surface area contributed by atoms with Crippen molar-refractivity contribution in [2.24, 2.45) is 0 Å². The fourth-order valence-corrected chi connectivity index (χ4v) is 1.87. The van der Waals surface area contributed by atoms with E-state index < -0.39 is 5.54 Å². The van der Waals surface area contributed by atoms with Gasteiger partial charge in [0.1, 0.15) is 0 Å². The van der Waals surface area contributed by atoms with E-state index in [2.05, 4.69) is 17.2 Å². The van der Waals surface area contributed by atoms with Crippen LogP contribution in [0.5, 0.6) is 0 Å². The number of rotatable bonds is 3. The average Bonchev–Trinajstić information content (AvgIpc) is 2.42. The number of urea groups is 1. The highest BCUT2D eigenvalue weighted by Crippen LogP contribution is 2.19. The van der Waals surface area contributed by atoms with Gasteiger partial charge in [-0.05, 0) is 30.7 Å². The molecule has 0 radical (unpaired) electrons. The largest absolute Gasteiger partial charge is 0.399 e. The number of amides is 2. The molecule has 19 heavy (non-hydrogen) atoms. The van der Waals surface area contributed by atoms with Crippen molar-refractivity contribution < 1.29 is 4.79 Å². The van der Waals surface area contributed by atoms with Gasteiger partial charge in [-0.1, -0.05) is 30.4 Å². The maximum atomic E-state index is 12.0. The maximum Gasteiger partial charge on any atom is 0.320 e. The Hall–Kier alpha value is -2.49. The second kappa shape index (κ2) is 5.44. The normalized spacial score (nSPS) is 20.8. The lowest BCUT2D eigenvalue weighted by atomic mass is 9.91. The summed E-state index contributed by atoms with van der Waals surface area (Å²) in [6, 6.07) is 6.72. The van der Waals surface area contributed by atoms with Gasteiger partial charge < -0.3 is 16.4 Å². The van der Waals surface area contributed by atoms with Crippen LogP contribution in [0.4, 0.5) is 16.2 Å². The first-order valence-corrected chi connectivity index (χ1v) is 6.06. The van der Waals surface area contributed by atoms with Crippen molar-refractivity contribution in [1.82, 2.24) is 5.32 Å². The number of benzene rings is 1. The van der Waals surface area contributed by atoms with Crippen molar-refractivity contribution in [3.8, 4) is 0 Å². The van der Waals surface area contributed by atoms with Gasteiger partial charge in [-0.2, -0.15) is 0 Å². The molecule has 1 aromatic carbocycles. The topological polar surface area (TPSA) is 67.2 Å². The Morgan fingerprint density at radius 3 is 2.63 bits per heavy atom. The number of carbonyl (C=O) groups excluding carboxylic acids is 1. The zero-order valence-corrected chi connectivity index (χ0v) is 10.6. The van der Waals surface area contributed by atoms with E-state index in [9.17, 15) is 4.79 Å². The van der Waals surface area contributed by atoms with Gasteiger partial charge in [0.15, 0.2) is 0 Å². The highest BCUT2D eigenvalue weighted by atomic mass is 16.2. The minimum atomic E-state index is -0.521. The second-order valence-electron chi connectivity index (χ2n) is 4.44. The van der Waals surface area contributed by atoms with Crippen LogP contribution in [-0.2, 0) is 0 Å². The monoisotopic (exact) mass is 255 g/mol. The molecule has 1 aromatic rings. The van der Waals surface area contributed by atoms with Crippen LogP contribution in [0.3, 0.4) is 0 Å². The molecule has 0 heterocycles. The van der Waals surface area contributed by atoms with Crippen LogP contribution in [-0.4, -0.2) is 11.6 Å². The molecule has 1 aliphatic rings. The van der Waals surface area contributed by atoms with E-state index >= 15 is 0 Å². The van der Waals surface area contributed by atoms with E-state index in [0.29, 0.717) is 17.8 Å². The third-order valence-corrected chi connectivity index (χ3v) is 2.98. The van der Waals surface area contributed by atoms with Crippen molar-refractivity contribution in [2.45, 2.75) is 12.0 Å². The second-order valence-corrected chi connectivity index (χ2v) is 4.44. The zero-order valence-electron chi connectivity index (χ0n) is 10.6. The highest BCUT2D eigenvalue weighted by Gasteiger charge is 2.25. The van der Waals surface area contributed by atoms with Gasteiger partial charge in [-0.15, -0.1) is 6.58 Å². The van der Waals surface area contributed by atoms with Crippen LogP contribution >= 0.6 is 0 Å². The van der Waals surface area contributed by atoms with Gasteiger partial charge in [0.2, 0.25) is 0 Å². The number of nitrogen functional groups attached to an aromatic ring is 1. The minimum absolute atomic E-state index is 0.273. The minimum Gasteiger partial charge on any atom is -0.399 e. The molecule has 2 amide bonds. The van der Waals surface area contributed by atoms with Crippen LogP contribution in [0.15, 0.2) is 61.2 Å². The highest BCUT2D eigenvalue weighted by molar-refractivity contribution is 5.90. The van der Waals surface area contributed by atoms with Crippen LogP contribution in [0.1, 0.15) is 6.42 Å². The van der Waals surface area contributed by atoms with Crippen molar-refractivity contribution in [1.29, 1.82) is 0 Å². The first kappa shape index (κ1) is 13.0. The lowest BCUT2D eigenvalue weighted by Gasteiger charge is -2.28. The third-order valence-electron chi connectivity index (χ3n) is 2.98. The molecule has 4 nitrogen and oxygen atoms in total. The summed E-state index contributed by atoms with van der Waals surface area (Å²) in [4.78, 5) is 12.0. The molecule has 0 spiro atoms. The molecule has 1 atom stereocenters. The molecule has 0 fully saturated rings. The van der Waals surface area contributed by atoms with E-state index in [4.69, 9.17) is 5.73 Å². The van der Waals surface area contributed by atoms with E-state index in [1.54, 1.807) is 30.3 Å². The number of carbonyl (C=O) groups is 1. The van der Waals surface area contributed by atoms with Crippen molar-refractivity contribution in [3.63, 3.8) is 0 Å².